The Morgan fingerprint density at radius 1 is 1.06 bits per heavy atom. The number of carboxylic acids is 1. The molecule has 0 spiro atoms. The first-order valence-corrected chi connectivity index (χ1v) is 12.1. The lowest BCUT2D eigenvalue weighted by Crippen LogP contribution is -2.29. The maximum atomic E-state index is 12.9. The standard InChI is InChI=1S/C23H31N3O4S/c1-17(2)15-18-5-8-20(9-6-18)31(29,30)24-22-10-7-19(16-21(22)23(27)28)26-12-4-11-25(3)13-14-26/h5-10,16-17,24H,4,11-15H2,1-3H3,(H,27,28). The monoisotopic (exact) mass is 445 g/mol. The first-order valence-electron chi connectivity index (χ1n) is 10.6. The largest absolute Gasteiger partial charge is 0.478 e. The van der Waals surface area contributed by atoms with E-state index >= 15 is 0 Å². The smallest absolute Gasteiger partial charge is 0.337 e. The quantitative estimate of drug-likeness (QED) is 0.678. The second-order valence-corrected chi connectivity index (χ2v) is 10.2. The molecule has 168 valence electrons. The molecule has 31 heavy (non-hydrogen) atoms. The van der Waals surface area contributed by atoms with Gasteiger partial charge in [-0.3, -0.25) is 4.72 Å². The number of carboxylic acid groups (broad SMARTS) is 1. The second kappa shape index (κ2) is 9.70. The fraction of sp³-hybridized carbons (Fsp3) is 0.435. The maximum absolute atomic E-state index is 12.9. The Labute approximate surface area is 184 Å². The van der Waals surface area contributed by atoms with Gasteiger partial charge in [-0.05, 0) is 68.2 Å². The molecule has 0 atom stereocenters. The van der Waals surface area contributed by atoms with E-state index in [9.17, 15) is 18.3 Å². The highest BCUT2D eigenvalue weighted by atomic mass is 32.2. The third-order valence-corrected chi connectivity index (χ3v) is 6.82. The lowest BCUT2D eigenvalue weighted by Gasteiger charge is -2.24. The van der Waals surface area contributed by atoms with Gasteiger partial charge in [0.05, 0.1) is 16.1 Å². The number of likely N-dealkylation sites (N-methyl/N-ethyl adjacent to an activating group) is 1. The minimum absolute atomic E-state index is 0.0601. The molecule has 1 aliphatic rings. The molecule has 1 fully saturated rings. The third-order valence-electron chi connectivity index (χ3n) is 5.44. The van der Waals surface area contributed by atoms with Crippen molar-refractivity contribution in [2.75, 3.05) is 42.8 Å². The summed E-state index contributed by atoms with van der Waals surface area (Å²) >= 11 is 0. The molecule has 2 N–H and O–H groups in total. The van der Waals surface area contributed by atoms with Gasteiger partial charge in [-0.25, -0.2) is 13.2 Å². The van der Waals surface area contributed by atoms with Crippen LogP contribution in [-0.4, -0.2) is 57.6 Å². The number of benzene rings is 2. The fourth-order valence-corrected chi connectivity index (χ4v) is 4.86. The highest BCUT2D eigenvalue weighted by Gasteiger charge is 2.21. The Bertz CT molecular complexity index is 1020. The van der Waals surface area contributed by atoms with Gasteiger partial charge in [0.15, 0.2) is 0 Å². The molecule has 0 aliphatic carbocycles. The van der Waals surface area contributed by atoms with Gasteiger partial charge in [-0.2, -0.15) is 0 Å². The van der Waals surface area contributed by atoms with Gasteiger partial charge < -0.3 is 14.9 Å². The average molecular weight is 446 g/mol. The Morgan fingerprint density at radius 2 is 1.77 bits per heavy atom. The van der Waals surface area contributed by atoms with Crippen molar-refractivity contribution in [1.82, 2.24) is 4.90 Å². The van der Waals surface area contributed by atoms with Gasteiger partial charge in [0.1, 0.15) is 0 Å². The summed E-state index contributed by atoms with van der Waals surface area (Å²) in [5.74, 6) is -0.694. The van der Waals surface area contributed by atoms with Crippen LogP contribution in [0.2, 0.25) is 0 Å². The Kier molecular flexibility index (Phi) is 7.23. The summed E-state index contributed by atoms with van der Waals surface area (Å²) < 4.78 is 28.2. The van der Waals surface area contributed by atoms with Crippen molar-refractivity contribution in [3.63, 3.8) is 0 Å². The van der Waals surface area contributed by atoms with Gasteiger partial charge in [0.2, 0.25) is 0 Å². The lowest BCUT2D eigenvalue weighted by molar-refractivity contribution is 0.0698. The van der Waals surface area contributed by atoms with Crippen molar-refractivity contribution >= 4 is 27.4 Å². The van der Waals surface area contributed by atoms with Crippen LogP contribution in [0.3, 0.4) is 0 Å². The van der Waals surface area contributed by atoms with Crippen LogP contribution in [0.25, 0.3) is 0 Å². The predicted molar refractivity (Wildman–Crippen MR) is 124 cm³/mol. The number of carbonyl (C=O) groups is 1. The number of hydrogen-bond acceptors (Lipinski definition) is 5. The molecule has 0 amide bonds. The normalized spacial score (nSPS) is 15.7. The zero-order valence-electron chi connectivity index (χ0n) is 18.3. The van der Waals surface area contributed by atoms with Crippen LogP contribution in [-0.2, 0) is 16.4 Å². The van der Waals surface area contributed by atoms with E-state index in [1.54, 1.807) is 36.4 Å². The number of aromatic carboxylic acids is 1. The van der Waals surface area contributed by atoms with Crippen LogP contribution < -0.4 is 9.62 Å². The minimum Gasteiger partial charge on any atom is -0.478 e. The molecule has 2 aromatic rings. The van der Waals surface area contributed by atoms with Crippen LogP contribution in [0.5, 0.6) is 0 Å². The molecule has 8 heteroatoms. The highest BCUT2D eigenvalue weighted by molar-refractivity contribution is 7.92. The highest BCUT2D eigenvalue weighted by Crippen LogP contribution is 2.27. The lowest BCUT2D eigenvalue weighted by atomic mass is 10.0. The summed E-state index contributed by atoms with van der Waals surface area (Å²) in [5.41, 5.74) is 1.85. The molecular formula is C23H31N3O4S. The van der Waals surface area contributed by atoms with Crippen molar-refractivity contribution in [3.8, 4) is 0 Å². The van der Waals surface area contributed by atoms with Gasteiger partial charge in [-0.15, -0.1) is 0 Å². The van der Waals surface area contributed by atoms with Crippen molar-refractivity contribution in [2.24, 2.45) is 5.92 Å². The average Bonchev–Trinajstić information content (AvgIpc) is 2.92. The number of sulfonamides is 1. The summed E-state index contributed by atoms with van der Waals surface area (Å²) in [7, 11) is -1.83. The number of nitrogens with zero attached hydrogens (tertiary/aromatic N) is 2. The molecule has 0 unspecified atom stereocenters. The van der Waals surface area contributed by atoms with Crippen molar-refractivity contribution < 1.29 is 18.3 Å². The van der Waals surface area contributed by atoms with Crippen LogP contribution in [0.1, 0.15) is 36.2 Å². The maximum Gasteiger partial charge on any atom is 0.337 e. The van der Waals surface area contributed by atoms with E-state index in [0.29, 0.717) is 5.92 Å². The van der Waals surface area contributed by atoms with E-state index in [4.69, 9.17) is 0 Å². The summed E-state index contributed by atoms with van der Waals surface area (Å²) in [6.45, 7) is 7.72. The zero-order valence-corrected chi connectivity index (χ0v) is 19.2. The molecule has 0 radical (unpaired) electrons. The van der Waals surface area contributed by atoms with Gasteiger partial charge in [-0.1, -0.05) is 26.0 Å². The Hall–Kier alpha value is -2.58. The first-order chi connectivity index (χ1) is 14.7. The van der Waals surface area contributed by atoms with E-state index in [-0.39, 0.29) is 16.1 Å². The molecule has 2 aromatic carbocycles. The van der Waals surface area contributed by atoms with Crippen LogP contribution in [0.4, 0.5) is 11.4 Å². The van der Waals surface area contributed by atoms with Crippen molar-refractivity contribution in [1.29, 1.82) is 0 Å². The molecule has 1 saturated heterocycles. The Morgan fingerprint density at radius 3 is 2.42 bits per heavy atom. The molecule has 0 bridgehead atoms. The predicted octanol–water partition coefficient (Wildman–Crippen LogP) is 3.53. The number of nitrogens with one attached hydrogen (secondary N) is 1. The minimum atomic E-state index is -3.90. The SMILES string of the molecule is CC(C)Cc1ccc(S(=O)(=O)Nc2ccc(N3CCCN(C)CC3)cc2C(=O)O)cc1. The molecule has 1 heterocycles. The summed E-state index contributed by atoms with van der Waals surface area (Å²) in [6, 6.07) is 11.6. The Balaban J connectivity index is 1.83. The summed E-state index contributed by atoms with van der Waals surface area (Å²) in [5, 5.41) is 9.71. The number of anilines is 2. The molecule has 3 rings (SSSR count). The molecule has 7 nitrogen and oxygen atoms in total. The van der Waals surface area contributed by atoms with Crippen molar-refractivity contribution in [3.05, 3.63) is 53.6 Å². The summed E-state index contributed by atoms with van der Waals surface area (Å²) in [4.78, 5) is 16.4. The van der Waals surface area contributed by atoms with Gasteiger partial charge in [0, 0.05) is 25.3 Å². The fourth-order valence-electron chi connectivity index (χ4n) is 3.78. The van der Waals surface area contributed by atoms with E-state index in [0.717, 1.165) is 50.3 Å². The number of rotatable bonds is 7. The van der Waals surface area contributed by atoms with Crippen LogP contribution >= 0.6 is 0 Å². The second-order valence-electron chi connectivity index (χ2n) is 8.53. The first kappa shape index (κ1) is 23.1. The molecule has 0 aromatic heterocycles. The van der Waals surface area contributed by atoms with E-state index < -0.39 is 16.0 Å². The van der Waals surface area contributed by atoms with Crippen molar-refractivity contribution in [2.45, 2.75) is 31.6 Å². The zero-order chi connectivity index (χ0) is 22.6. The molecule has 0 saturated carbocycles. The topological polar surface area (TPSA) is 90.0 Å². The van der Waals surface area contributed by atoms with E-state index in [1.807, 2.05) is 0 Å². The van der Waals surface area contributed by atoms with E-state index in [1.165, 1.54) is 6.07 Å². The third kappa shape index (κ3) is 5.98. The van der Waals surface area contributed by atoms with E-state index in [2.05, 4.69) is 35.4 Å². The van der Waals surface area contributed by atoms with Crippen LogP contribution in [0.15, 0.2) is 47.4 Å². The van der Waals surface area contributed by atoms with Gasteiger partial charge in [0.25, 0.3) is 10.0 Å². The molecular weight excluding hydrogens is 414 g/mol. The van der Waals surface area contributed by atoms with Crippen LogP contribution in [0, 0.1) is 5.92 Å². The molecule has 1 aliphatic heterocycles. The number of hydrogen-bond donors (Lipinski definition) is 2. The summed E-state index contributed by atoms with van der Waals surface area (Å²) in [6.07, 6.45) is 1.85. The van der Waals surface area contributed by atoms with Gasteiger partial charge >= 0.3 is 5.97 Å².